The second-order valence-electron chi connectivity index (χ2n) is 5.13. The average molecular weight is 425 g/mol. The summed E-state index contributed by atoms with van der Waals surface area (Å²) in [5.74, 6) is -0.308. The van der Waals surface area contributed by atoms with E-state index in [9.17, 15) is 13.2 Å². The van der Waals surface area contributed by atoms with Gasteiger partial charge in [-0.3, -0.25) is 9.69 Å². The highest BCUT2D eigenvalue weighted by molar-refractivity contribution is 8.19. The summed E-state index contributed by atoms with van der Waals surface area (Å²) in [6.07, 6.45) is 3.23. The zero-order chi connectivity index (χ0) is 18.7. The molecule has 1 aromatic heterocycles. The lowest BCUT2D eigenvalue weighted by atomic mass is 10.2. The van der Waals surface area contributed by atoms with Gasteiger partial charge in [0.05, 0.1) is 9.24 Å². The van der Waals surface area contributed by atoms with E-state index in [4.69, 9.17) is 11.6 Å². The quantitative estimate of drug-likeness (QED) is 0.531. The van der Waals surface area contributed by atoms with Gasteiger partial charge in [-0.2, -0.15) is 8.42 Å². The van der Waals surface area contributed by atoms with Crippen LogP contribution in [0.1, 0.15) is 5.56 Å². The molecule has 0 atom stereocenters. The van der Waals surface area contributed by atoms with Gasteiger partial charge in [0.1, 0.15) is 4.21 Å². The van der Waals surface area contributed by atoms with Crippen LogP contribution in [-0.2, 0) is 14.8 Å². The van der Waals surface area contributed by atoms with Gasteiger partial charge >= 0.3 is 0 Å². The molecule has 0 saturated carbocycles. The molecule has 3 rings (SSSR count). The third-order valence-electron chi connectivity index (χ3n) is 3.30. The van der Waals surface area contributed by atoms with Gasteiger partial charge in [0.25, 0.3) is 15.9 Å². The Morgan fingerprint density at radius 3 is 2.54 bits per heavy atom. The lowest BCUT2D eigenvalue weighted by Gasteiger charge is -2.12. The summed E-state index contributed by atoms with van der Waals surface area (Å²) in [6.45, 7) is 3.78. The first-order chi connectivity index (χ1) is 12.4. The van der Waals surface area contributed by atoms with Crippen LogP contribution in [0.25, 0.3) is 6.08 Å². The number of amidine groups is 1. The van der Waals surface area contributed by atoms with Crippen molar-refractivity contribution in [3.05, 3.63) is 69.9 Å². The van der Waals surface area contributed by atoms with E-state index in [1.807, 2.05) is 30.3 Å². The Bertz CT molecular complexity index is 1010. The normalized spacial score (nSPS) is 18.0. The summed E-state index contributed by atoms with van der Waals surface area (Å²) in [5.41, 5.74) is 0.844. The molecule has 9 heteroatoms. The molecule has 1 amide bonds. The molecule has 0 unspecified atom stereocenters. The number of carbonyl (C=O) groups excluding carboxylic acids is 1. The molecule has 0 spiro atoms. The maximum Gasteiger partial charge on any atom is 0.294 e. The maximum absolute atomic E-state index is 12.6. The number of carbonyl (C=O) groups is 1. The highest BCUT2D eigenvalue weighted by atomic mass is 35.5. The summed E-state index contributed by atoms with van der Waals surface area (Å²) >= 11 is 7.75. The van der Waals surface area contributed by atoms with Gasteiger partial charge in [0, 0.05) is 6.54 Å². The molecule has 2 heterocycles. The Kier molecular flexibility index (Phi) is 5.67. The number of amides is 1. The molecule has 0 radical (unpaired) electrons. The Hall–Kier alpha value is -1.87. The molecule has 1 fully saturated rings. The van der Waals surface area contributed by atoms with Crippen LogP contribution in [0.4, 0.5) is 0 Å². The second kappa shape index (κ2) is 7.79. The summed E-state index contributed by atoms with van der Waals surface area (Å²) in [7, 11) is -3.95. The number of halogens is 1. The molecule has 1 aliphatic rings. The molecule has 0 aliphatic carbocycles. The standard InChI is InChI=1S/C17H13ClN2O3S3/c1-2-10-20-16(21)13(11-12-6-4-3-5-7-12)24-17(20)19-26(22,23)15-9-8-14(18)25-15/h2-9,11H,1,10H2. The van der Waals surface area contributed by atoms with Crippen LogP contribution in [0.15, 0.2) is 68.6 Å². The summed E-state index contributed by atoms with van der Waals surface area (Å²) < 4.78 is 29.2. The van der Waals surface area contributed by atoms with Crippen LogP contribution in [0.5, 0.6) is 0 Å². The summed E-state index contributed by atoms with van der Waals surface area (Å²) in [4.78, 5) is 14.3. The Morgan fingerprint density at radius 2 is 1.92 bits per heavy atom. The number of sulfonamides is 1. The van der Waals surface area contributed by atoms with E-state index in [2.05, 4.69) is 11.0 Å². The van der Waals surface area contributed by atoms with E-state index < -0.39 is 10.0 Å². The van der Waals surface area contributed by atoms with Gasteiger partial charge in [-0.25, -0.2) is 0 Å². The molecular formula is C17H13ClN2O3S3. The van der Waals surface area contributed by atoms with E-state index >= 15 is 0 Å². The molecule has 2 aromatic rings. The minimum atomic E-state index is -3.95. The van der Waals surface area contributed by atoms with Crippen LogP contribution < -0.4 is 0 Å². The molecule has 134 valence electrons. The second-order valence-corrected chi connectivity index (χ2v) is 9.69. The molecule has 1 saturated heterocycles. The monoisotopic (exact) mass is 424 g/mol. The Labute approximate surface area is 164 Å². The van der Waals surface area contributed by atoms with E-state index in [0.717, 1.165) is 28.7 Å². The fourth-order valence-corrected chi connectivity index (χ4v) is 5.80. The van der Waals surface area contributed by atoms with Crippen LogP contribution in [0, 0.1) is 0 Å². The van der Waals surface area contributed by atoms with Crippen molar-refractivity contribution in [2.24, 2.45) is 4.40 Å². The van der Waals surface area contributed by atoms with Gasteiger partial charge in [-0.1, -0.05) is 48.0 Å². The number of benzene rings is 1. The van der Waals surface area contributed by atoms with E-state index in [1.54, 1.807) is 6.08 Å². The van der Waals surface area contributed by atoms with Crippen LogP contribution in [0.3, 0.4) is 0 Å². The van der Waals surface area contributed by atoms with Crippen molar-refractivity contribution in [2.45, 2.75) is 4.21 Å². The number of thioether (sulfide) groups is 1. The van der Waals surface area contributed by atoms with Crippen molar-refractivity contribution < 1.29 is 13.2 Å². The van der Waals surface area contributed by atoms with Gasteiger partial charge < -0.3 is 0 Å². The van der Waals surface area contributed by atoms with Gasteiger partial charge in [-0.05, 0) is 35.5 Å². The van der Waals surface area contributed by atoms with E-state index in [1.165, 1.54) is 23.1 Å². The average Bonchev–Trinajstić information content (AvgIpc) is 3.16. The fourth-order valence-electron chi connectivity index (χ4n) is 2.15. The van der Waals surface area contributed by atoms with Crippen molar-refractivity contribution >= 4 is 61.9 Å². The van der Waals surface area contributed by atoms with Crippen LogP contribution in [-0.4, -0.2) is 30.9 Å². The van der Waals surface area contributed by atoms with Crippen molar-refractivity contribution in [1.29, 1.82) is 0 Å². The molecule has 1 aliphatic heterocycles. The molecule has 26 heavy (non-hydrogen) atoms. The van der Waals surface area contributed by atoms with Crippen molar-refractivity contribution in [2.75, 3.05) is 6.54 Å². The smallest absolute Gasteiger partial charge is 0.282 e. The number of thiophene rings is 1. The number of rotatable bonds is 5. The minimum Gasteiger partial charge on any atom is -0.282 e. The highest BCUT2D eigenvalue weighted by Gasteiger charge is 2.34. The van der Waals surface area contributed by atoms with Gasteiger partial charge in [-0.15, -0.1) is 22.3 Å². The number of nitrogens with zero attached hydrogens (tertiary/aromatic N) is 2. The lowest BCUT2D eigenvalue weighted by molar-refractivity contribution is -0.121. The first kappa shape index (κ1) is 18.9. The molecule has 0 N–H and O–H groups in total. The minimum absolute atomic E-state index is 0.0297. The van der Waals surface area contributed by atoms with E-state index in [0.29, 0.717) is 9.24 Å². The molecular weight excluding hydrogens is 412 g/mol. The summed E-state index contributed by atoms with van der Waals surface area (Å²) in [6, 6.07) is 12.2. The van der Waals surface area contributed by atoms with E-state index in [-0.39, 0.29) is 21.8 Å². The lowest BCUT2D eigenvalue weighted by Crippen LogP contribution is -2.29. The predicted molar refractivity (Wildman–Crippen MR) is 108 cm³/mol. The predicted octanol–water partition coefficient (Wildman–Crippen LogP) is 4.25. The molecule has 5 nitrogen and oxygen atoms in total. The molecule has 0 bridgehead atoms. The van der Waals surface area contributed by atoms with Crippen molar-refractivity contribution in [1.82, 2.24) is 4.90 Å². The largest absolute Gasteiger partial charge is 0.294 e. The Balaban J connectivity index is 1.99. The zero-order valence-corrected chi connectivity index (χ0v) is 16.5. The van der Waals surface area contributed by atoms with Gasteiger partial charge in [0.2, 0.25) is 0 Å². The number of hydrogen-bond donors (Lipinski definition) is 0. The Morgan fingerprint density at radius 1 is 1.19 bits per heavy atom. The zero-order valence-electron chi connectivity index (χ0n) is 13.3. The topological polar surface area (TPSA) is 66.8 Å². The van der Waals surface area contributed by atoms with Crippen molar-refractivity contribution in [3.63, 3.8) is 0 Å². The van der Waals surface area contributed by atoms with Gasteiger partial charge in [0.15, 0.2) is 5.17 Å². The third kappa shape index (κ3) is 4.09. The first-order valence-electron chi connectivity index (χ1n) is 7.38. The number of hydrogen-bond acceptors (Lipinski definition) is 5. The van der Waals surface area contributed by atoms with Crippen LogP contribution in [0.2, 0.25) is 4.34 Å². The molecule has 1 aromatic carbocycles. The fraction of sp³-hybridized carbons (Fsp3) is 0.0588. The SMILES string of the molecule is C=CCN1C(=O)C(=Cc2ccccc2)SC1=NS(=O)(=O)c1ccc(Cl)s1. The van der Waals surface area contributed by atoms with Crippen molar-refractivity contribution in [3.8, 4) is 0 Å². The maximum atomic E-state index is 12.6. The third-order valence-corrected chi connectivity index (χ3v) is 7.39. The summed E-state index contributed by atoms with van der Waals surface area (Å²) in [5, 5.41) is 0.0987. The first-order valence-corrected chi connectivity index (χ1v) is 10.8. The highest BCUT2D eigenvalue weighted by Crippen LogP contribution is 2.34. The van der Waals surface area contributed by atoms with Crippen LogP contribution >= 0.6 is 34.7 Å².